The van der Waals surface area contributed by atoms with E-state index in [0.717, 1.165) is 15.6 Å². The fourth-order valence-electron chi connectivity index (χ4n) is 3.30. The number of carbonyl (C=O) groups is 3. The number of urea groups is 1. The van der Waals surface area contributed by atoms with Crippen LogP contribution in [-0.4, -0.2) is 29.4 Å². The van der Waals surface area contributed by atoms with E-state index in [1.54, 1.807) is 30.3 Å². The number of amides is 4. The van der Waals surface area contributed by atoms with Gasteiger partial charge in [-0.1, -0.05) is 57.9 Å². The number of ether oxygens (including phenoxy) is 1. The summed E-state index contributed by atoms with van der Waals surface area (Å²) in [5, 5.41) is 5.39. The molecule has 1 aliphatic heterocycles. The van der Waals surface area contributed by atoms with E-state index in [4.69, 9.17) is 4.74 Å². The van der Waals surface area contributed by atoms with Crippen molar-refractivity contribution in [2.45, 2.75) is 13.5 Å². The quantitative estimate of drug-likeness (QED) is 0.344. The highest BCUT2D eigenvalue weighted by molar-refractivity contribution is 9.10. The third kappa shape index (κ3) is 5.90. The van der Waals surface area contributed by atoms with Gasteiger partial charge in [-0.15, -0.1) is 0 Å². The van der Waals surface area contributed by atoms with Crippen LogP contribution >= 0.6 is 15.9 Å². The molecule has 8 heteroatoms. The van der Waals surface area contributed by atoms with Gasteiger partial charge in [-0.25, -0.2) is 4.79 Å². The van der Waals surface area contributed by atoms with E-state index in [2.05, 4.69) is 26.6 Å². The predicted molar refractivity (Wildman–Crippen MR) is 133 cm³/mol. The lowest BCUT2D eigenvalue weighted by atomic mass is 10.1. The summed E-state index contributed by atoms with van der Waals surface area (Å²) in [4.78, 5) is 38.2. The molecule has 0 atom stereocenters. The second-order valence-electron chi connectivity index (χ2n) is 7.78. The summed E-state index contributed by atoms with van der Waals surface area (Å²) >= 11 is 3.37. The summed E-state index contributed by atoms with van der Waals surface area (Å²) in [6.07, 6.45) is 1.61. The van der Waals surface area contributed by atoms with Crippen LogP contribution in [0.1, 0.15) is 16.7 Å². The number of hydrogen-bond acceptors (Lipinski definition) is 4. The molecule has 4 amide bonds. The molecule has 4 rings (SSSR count). The van der Waals surface area contributed by atoms with Crippen molar-refractivity contribution < 1.29 is 19.1 Å². The Morgan fingerprint density at radius 2 is 1.68 bits per heavy atom. The van der Waals surface area contributed by atoms with Gasteiger partial charge < -0.3 is 15.4 Å². The first-order valence-corrected chi connectivity index (χ1v) is 11.3. The van der Waals surface area contributed by atoms with Gasteiger partial charge in [0.15, 0.2) is 6.61 Å². The van der Waals surface area contributed by atoms with E-state index in [1.165, 1.54) is 4.90 Å². The van der Waals surface area contributed by atoms with Gasteiger partial charge in [-0.05, 0) is 60.5 Å². The Morgan fingerprint density at radius 3 is 2.35 bits per heavy atom. The first kappa shape index (κ1) is 23.3. The molecule has 172 valence electrons. The van der Waals surface area contributed by atoms with E-state index in [-0.39, 0.29) is 30.7 Å². The molecular weight excluding hydrogens is 498 g/mol. The van der Waals surface area contributed by atoms with Gasteiger partial charge in [0.1, 0.15) is 11.4 Å². The molecule has 7 nitrogen and oxygen atoms in total. The normalized spacial score (nSPS) is 14.3. The van der Waals surface area contributed by atoms with Gasteiger partial charge in [0.25, 0.3) is 11.8 Å². The van der Waals surface area contributed by atoms with Crippen molar-refractivity contribution in [2.24, 2.45) is 0 Å². The van der Waals surface area contributed by atoms with Crippen molar-refractivity contribution in [1.29, 1.82) is 0 Å². The first-order valence-electron chi connectivity index (χ1n) is 10.6. The number of anilines is 1. The summed E-state index contributed by atoms with van der Waals surface area (Å²) in [6, 6.07) is 21.4. The maximum atomic E-state index is 12.7. The lowest BCUT2D eigenvalue weighted by molar-refractivity contribution is -0.123. The molecule has 1 heterocycles. The zero-order valence-corrected chi connectivity index (χ0v) is 20.0. The molecule has 1 saturated heterocycles. The predicted octanol–water partition coefficient (Wildman–Crippen LogP) is 4.87. The second kappa shape index (κ2) is 10.4. The van der Waals surface area contributed by atoms with Crippen molar-refractivity contribution in [3.8, 4) is 5.75 Å². The zero-order valence-electron chi connectivity index (χ0n) is 18.4. The van der Waals surface area contributed by atoms with E-state index in [0.29, 0.717) is 17.0 Å². The Bertz CT molecular complexity index is 1240. The Labute approximate surface area is 205 Å². The maximum Gasteiger partial charge on any atom is 0.329 e. The Hall–Kier alpha value is -3.91. The summed E-state index contributed by atoms with van der Waals surface area (Å²) in [7, 11) is 0. The van der Waals surface area contributed by atoms with Gasteiger partial charge in [-0.3, -0.25) is 14.5 Å². The second-order valence-corrected chi connectivity index (χ2v) is 8.69. The average Bonchev–Trinajstić information content (AvgIpc) is 3.09. The molecule has 0 bridgehead atoms. The largest absolute Gasteiger partial charge is 0.484 e. The standard InChI is InChI=1S/C26H22BrN3O4/c1-17-2-10-21(11-3-17)28-24(31)16-34-22-12-6-18(7-13-22)14-23-25(32)30(26(33)29-23)15-19-4-8-20(27)9-5-19/h2-14H,15-16H2,1H3,(H,28,31)(H,29,33)/b23-14+. The van der Waals surface area contributed by atoms with Crippen LogP contribution in [0.5, 0.6) is 5.75 Å². The number of halogens is 1. The lowest BCUT2D eigenvalue weighted by Gasteiger charge is -2.11. The summed E-state index contributed by atoms with van der Waals surface area (Å²) < 4.78 is 6.46. The van der Waals surface area contributed by atoms with Gasteiger partial charge >= 0.3 is 6.03 Å². The molecule has 2 N–H and O–H groups in total. The molecule has 0 aromatic heterocycles. The molecule has 3 aromatic carbocycles. The van der Waals surface area contributed by atoms with Crippen molar-refractivity contribution in [1.82, 2.24) is 10.2 Å². The number of hydrogen-bond donors (Lipinski definition) is 2. The van der Waals surface area contributed by atoms with Gasteiger partial charge in [0.05, 0.1) is 6.54 Å². The minimum absolute atomic E-state index is 0.131. The number of nitrogens with zero attached hydrogens (tertiary/aromatic N) is 1. The fraction of sp³-hybridized carbons (Fsp3) is 0.115. The Balaban J connectivity index is 1.33. The highest BCUT2D eigenvalue weighted by Crippen LogP contribution is 2.20. The number of imide groups is 1. The molecule has 3 aromatic rings. The molecule has 0 saturated carbocycles. The molecule has 0 radical (unpaired) electrons. The van der Waals surface area contributed by atoms with Gasteiger partial charge in [-0.2, -0.15) is 0 Å². The van der Waals surface area contributed by atoms with Crippen molar-refractivity contribution >= 4 is 45.5 Å². The van der Waals surface area contributed by atoms with Crippen LogP contribution in [-0.2, 0) is 16.1 Å². The summed E-state index contributed by atoms with van der Waals surface area (Å²) in [5.74, 6) is -0.138. The topological polar surface area (TPSA) is 87.7 Å². The number of carbonyl (C=O) groups excluding carboxylic acids is 3. The molecule has 0 aliphatic carbocycles. The third-order valence-corrected chi connectivity index (χ3v) is 5.64. The van der Waals surface area contributed by atoms with Crippen molar-refractivity contribution in [3.63, 3.8) is 0 Å². The van der Waals surface area contributed by atoms with Crippen LogP contribution in [0.4, 0.5) is 10.5 Å². The van der Waals surface area contributed by atoms with E-state index in [9.17, 15) is 14.4 Å². The number of benzene rings is 3. The number of nitrogens with one attached hydrogen (secondary N) is 2. The van der Waals surface area contributed by atoms with Crippen molar-refractivity contribution in [2.75, 3.05) is 11.9 Å². The van der Waals surface area contributed by atoms with Gasteiger partial charge in [0, 0.05) is 10.2 Å². The van der Waals surface area contributed by atoms with E-state index in [1.807, 2.05) is 55.5 Å². The van der Waals surface area contributed by atoms with Crippen LogP contribution in [0.15, 0.2) is 83.0 Å². The Morgan fingerprint density at radius 1 is 1.00 bits per heavy atom. The molecular formula is C26H22BrN3O4. The smallest absolute Gasteiger partial charge is 0.329 e. The van der Waals surface area contributed by atoms with E-state index >= 15 is 0 Å². The molecule has 0 unspecified atom stereocenters. The van der Waals surface area contributed by atoms with Crippen LogP contribution in [0.25, 0.3) is 6.08 Å². The minimum atomic E-state index is -0.460. The fourth-order valence-corrected chi connectivity index (χ4v) is 3.56. The summed E-state index contributed by atoms with van der Waals surface area (Å²) in [6.45, 7) is 2.03. The molecule has 1 aliphatic rings. The molecule has 34 heavy (non-hydrogen) atoms. The first-order chi connectivity index (χ1) is 16.4. The Kier molecular flexibility index (Phi) is 7.08. The molecule has 1 fully saturated rings. The zero-order chi connectivity index (χ0) is 24.1. The maximum absolute atomic E-state index is 12.7. The minimum Gasteiger partial charge on any atom is -0.484 e. The highest BCUT2D eigenvalue weighted by Gasteiger charge is 2.33. The van der Waals surface area contributed by atoms with Gasteiger partial charge in [0.2, 0.25) is 0 Å². The highest BCUT2D eigenvalue weighted by atomic mass is 79.9. The third-order valence-electron chi connectivity index (χ3n) is 5.11. The number of aryl methyl sites for hydroxylation is 1. The lowest BCUT2D eigenvalue weighted by Crippen LogP contribution is -2.30. The van der Waals surface area contributed by atoms with Crippen molar-refractivity contribution in [3.05, 3.63) is 99.7 Å². The average molecular weight is 520 g/mol. The van der Waals surface area contributed by atoms with Crippen LogP contribution < -0.4 is 15.4 Å². The SMILES string of the molecule is Cc1ccc(NC(=O)COc2ccc(/C=C3/NC(=O)N(Cc4ccc(Br)cc4)C3=O)cc2)cc1. The van der Waals surface area contributed by atoms with Crippen LogP contribution in [0.2, 0.25) is 0 Å². The van der Waals surface area contributed by atoms with E-state index < -0.39 is 6.03 Å². The monoisotopic (exact) mass is 519 g/mol. The number of rotatable bonds is 7. The summed E-state index contributed by atoms with van der Waals surface area (Å²) in [5.41, 5.74) is 3.58. The van der Waals surface area contributed by atoms with Crippen LogP contribution in [0, 0.1) is 6.92 Å². The van der Waals surface area contributed by atoms with Crippen LogP contribution in [0.3, 0.4) is 0 Å². The molecule has 0 spiro atoms.